The molecule has 4 aromatic rings. The van der Waals surface area contributed by atoms with Gasteiger partial charge in [-0.25, -0.2) is 0 Å². The summed E-state index contributed by atoms with van der Waals surface area (Å²) in [5.74, 6) is 0. The van der Waals surface area contributed by atoms with Gasteiger partial charge in [0.1, 0.15) is 0 Å². The highest BCUT2D eigenvalue weighted by atomic mass is 79.9. The maximum Gasteiger partial charge on any atom is 0.0175 e. The first kappa shape index (κ1) is 20.2. The average Bonchev–Trinajstić information content (AvgIpc) is 2.79. The fraction of sp³-hybridized carbons (Fsp3) is 0. The van der Waals surface area contributed by atoms with E-state index in [4.69, 9.17) is 0 Å². The highest BCUT2D eigenvalue weighted by molar-refractivity contribution is 9.10. The van der Waals surface area contributed by atoms with Crippen molar-refractivity contribution in [1.82, 2.24) is 0 Å². The smallest absolute Gasteiger partial charge is 0.0175 e. The molecule has 0 nitrogen and oxygen atoms in total. The largest absolute Gasteiger partial charge is 0.0974 e. The number of rotatable bonds is 6. The Balaban J connectivity index is 1.85. The van der Waals surface area contributed by atoms with Crippen molar-refractivity contribution in [3.05, 3.63) is 131 Å². The van der Waals surface area contributed by atoms with Crippen LogP contribution in [0.4, 0.5) is 0 Å². The first-order valence-electron chi connectivity index (χ1n) is 9.39. The van der Waals surface area contributed by atoms with E-state index in [0.717, 1.165) is 4.47 Å². The molecule has 0 bridgehead atoms. The van der Waals surface area contributed by atoms with E-state index in [9.17, 15) is 0 Å². The van der Waals surface area contributed by atoms with E-state index in [1.54, 1.807) is 11.8 Å². The standard InChI is InChI=1S/C26H20BrPS/c27-22-18-16-21(17-19-22)26(20-29-25-14-8-3-9-15-25)28(23-10-4-1-5-11-23)24-12-6-2-7-13-24/h1-20H/b26-20+. The van der Waals surface area contributed by atoms with E-state index < -0.39 is 7.92 Å². The lowest BCUT2D eigenvalue weighted by Crippen LogP contribution is -2.12. The molecular weight excluding hydrogens is 455 g/mol. The zero-order valence-electron chi connectivity index (χ0n) is 15.8. The quantitative estimate of drug-likeness (QED) is 0.204. The van der Waals surface area contributed by atoms with Gasteiger partial charge in [0.25, 0.3) is 0 Å². The molecule has 0 aromatic heterocycles. The summed E-state index contributed by atoms with van der Waals surface area (Å²) in [6.07, 6.45) is 0. The molecule has 0 unspecified atom stereocenters. The van der Waals surface area contributed by atoms with Crippen molar-refractivity contribution >= 4 is 51.5 Å². The summed E-state index contributed by atoms with van der Waals surface area (Å²) in [7, 11) is -0.672. The molecule has 0 heterocycles. The van der Waals surface area contributed by atoms with Crippen LogP contribution in [0.2, 0.25) is 0 Å². The van der Waals surface area contributed by atoms with Crippen molar-refractivity contribution in [2.24, 2.45) is 0 Å². The Morgan fingerprint density at radius 3 is 1.62 bits per heavy atom. The second-order valence-electron chi connectivity index (χ2n) is 6.45. The Hall–Kier alpha value is -2.12. The van der Waals surface area contributed by atoms with Gasteiger partial charge in [-0.2, -0.15) is 0 Å². The van der Waals surface area contributed by atoms with Crippen LogP contribution in [0, 0.1) is 0 Å². The number of benzene rings is 4. The predicted molar refractivity (Wildman–Crippen MR) is 133 cm³/mol. The monoisotopic (exact) mass is 474 g/mol. The molecular formula is C26H20BrPS. The molecule has 0 amide bonds. The molecule has 0 N–H and O–H groups in total. The fourth-order valence-electron chi connectivity index (χ4n) is 3.07. The van der Waals surface area contributed by atoms with Crippen LogP contribution in [-0.4, -0.2) is 0 Å². The van der Waals surface area contributed by atoms with Crippen LogP contribution in [0.15, 0.2) is 130 Å². The summed E-state index contributed by atoms with van der Waals surface area (Å²) in [4.78, 5) is 1.25. The predicted octanol–water partition coefficient (Wildman–Crippen LogP) is 7.67. The minimum atomic E-state index is -0.672. The van der Waals surface area contributed by atoms with Crippen LogP contribution < -0.4 is 10.6 Å². The van der Waals surface area contributed by atoms with Gasteiger partial charge < -0.3 is 0 Å². The lowest BCUT2D eigenvalue weighted by Gasteiger charge is -2.23. The molecule has 0 aliphatic carbocycles. The number of hydrogen-bond donors (Lipinski definition) is 0. The van der Waals surface area contributed by atoms with Gasteiger partial charge in [0, 0.05) is 9.37 Å². The SMILES string of the molecule is Brc1ccc(/C(=C\Sc2ccccc2)P(c2ccccc2)c2ccccc2)cc1. The second kappa shape index (κ2) is 10.1. The van der Waals surface area contributed by atoms with Gasteiger partial charge >= 0.3 is 0 Å². The van der Waals surface area contributed by atoms with Crippen molar-refractivity contribution in [3.8, 4) is 0 Å². The first-order chi connectivity index (χ1) is 14.3. The van der Waals surface area contributed by atoms with E-state index >= 15 is 0 Å². The summed E-state index contributed by atoms with van der Waals surface area (Å²) >= 11 is 5.37. The highest BCUT2D eigenvalue weighted by Crippen LogP contribution is 2.50. The molecule has 0 aliphatic heterocycles. The third-order valence-corrected chi connectivity index (χ3v) is 8.56. The number of halogens is 1. The second-order valence-corrected chi connectivity index (χ2v) is 10.5. The molecule has 0 atom stereocenters. The average molecular weight is 475 g/mol. The zero-order chi connectivity index (χ0) is 19.9. The molecule has 142 valence electrons. The Morgan fingerprint density at radius 1 is 0.621 bits per heavy atom. The maximum absolute atomic E-state index is 3.58. The molecule has 4 aromatic carbocycles. The van der Waals surface area contributed by atoms with Crippen LogP contribution in [0.25, 0.3) is 5.31 Å². The summed E-state index contributed by atoms with van der Waals surface area (Å²) < 4.78 is 1.10. The minimum absolute atomic E-state index is 0.672. The van der Waals surface area contributed by atoms with Gasteiger partial charge in [-0.15, -0.1) is 0 Å². The molecule has 0 saturated heterocycles. The third-order valence-electron chi connectivity index (χ3n) is 4.46. The molecule has 3 heteroatoms. The van der Waals surface area contributed by atoms with E-state index in [0.29, 0.717) is 0 Å². The van der Waals surface area contributed by atoms with Gasteiger partial charge in [-0.3, -0.25) is 0 Å². The van der Waals surface area contributed by atoms with Gasteiger partial charge in [0.2, 0.25) is 0 Å². The summed E-state index contributed by atoms with van der Waals surface area (Å²) in [5, 5.41) is 6.41. The summed E-state index contributed by atoms with van der Waals surface area (Å²) in [5.41, 5.74) is 1.26. The van der Waals surface area contributed by atoms with Gasteiger partial charge in [0.05, 0.1) is 0 Å². The first-order valence-corrected chi connectivity index (χ1v) is 12.4. The van der Waals surface area contributed by atoms with Crippen LogP contribution in [0.1, 0.15) is 5.56 Å². The number of hydrogen-bond acceptors (Lipinski definition) is 1. The Bertz CT molecular complexity index is 1020. The van der Waals surface area contributed by atoms with Crippen LogP contribution in [-0.2, 0) is 0 Å². The summed E-state index contributed by atoms with van der Waals surface area (Å²) in [6, 6.07) is 40.9. The Labute approximate surface area is 186 Å². The lowest BCUT2D eigenvalue weighted by atomic mass is 10.2. The van der Waals surface area contributed by atoms with Crippen molar-refractivity contribution in [2.75, 3.05) is 0 Å². The normalized spacial score (nSPS) is 11.6. The third kappa shape index (κ3) is 5.28. The zero-order valence-corrected chi connectivity index (χ0v) is 19.1. The van der Waals surface area contributed by atoms with E-state index in [2.05, 4.69) is 137 Å². The topological polar surface area (TPSA) is 0 Å². The minimum Gasteiger partial charge on any atom is -0.0974 e. The van der Waals surface area contributed by atoms with Crippen molar-refractivity contribution in [2.45, 2.75) is 4.90 Å². The van der Waals surface area contributed by atoms with E-state index in [1.165, 1.54) is 26.4 Å². The Morgan fingerprint density at radius 2 is 1.10 bits per heavy atom. The van der Waals surface area contributed by atoms with Crippen LogP contribution >= 0.6 is 35.6 Å². The van der Waals surface area contributed by atoms with Gasteiger partial charge in [-0.1, -0.05) is 119 Å². The number of thioether (sulfide) groups is 1. The molecule has 0 saturated carbocycles. The van der Waals surface area contributed by atoms with Crippen molar-refractivity contribution in [3.63, 3.8) is 0 Å². The molecule has 0 spiro atoms. The maximum atomic E-state index is 3.58. The molecule has 0 radical (unpaired) electrons. The van der Waals surface area contributed by atoms with Crippen LogP contribution in [0.5, 0.6) is 0 Å². The fourth-order valence-corrected chi connectivity index (χ4v) is 6.82. The van der Waals surface area contributed by atoms with Gasteiger partial charge in [-0.05, 0) is 59.1 Å². The van der Waals surface area contributed by atoms with E-state index in [1.807, 2.05) is 0 Å². The van der Waals surface area contributed by atoms with Crippen LogP contribution in [0.3, 0.4) is 0 Å². The van der Waals surface area contributed by atoms with E-state index in [-0.39, 0.29) is 0 Å². The van der Waals surface area contributed by atoms with Gasteiger partial charge in [0.15, 0.2) is 0 Å². The molecule has 29 heavy (non-hydrogen) atoms. The Kier molecular flexibility index (Phi) is 7.00. The van der Waals surface area contributed by atoms with Crippen molar-refractivity contribution < 1.29 is 0 Å². The highest BCUT2D eigenvalue weighted by Gasteiger charge is 2.20. The van der Waals surface area contributed by atoms with Crippen molar-refractivity contribution in [1.29, 1.82) is 0 Å². The lowest BCUT2D eigenvalue weighted by molar-refractivity contribution is 1.47. The summed E-state index contributed by atoms with van der Waals surface area (Å²) in [6.45, 7) is 0. The molecule has 0 aliphatic rings. The molecule has 0 fully saturated rings. The molecule has 4 rings (SSSR count).